The maximum Gasteiger partial charge on any atom is 0.416 e. The van der Waals surface area contributed by atoms with Crippen LogP contribution in [0.4, 0.5) is 18.9 Å². The number of benzene rings is 1. The SMILES string of the molecule is CC(C)C(N)=Nc1cc(Br)cc(C(F)(F)F)c1. The number of nitrogens with zero attached hydrogens (tertiary/aromatic N) is 1. The van der Waals surface area contributed by atoms with E-state index >= 15 is 0 Å². The van der Waals surface area contributed by atoms with Crippen LogP contribution in [-0.2, 0) is 6.18 Å². The van der Waals surface area contributed by atoms with Gasteiger partial charge in [0, 0.05) is 10.4 Å². The van der Waals surface area contributed by atoms with Gasteiger partial charge in [0.05, 0.1) is 11.3 Å². The predicted molar refractivity (Wildman–Crippen MR) is 65.3 cm³/mol. The van der Waals surface area contributed by atoms with Crippen molar-refractivity contribution in [2.45, 2.75) is 20.0 Å². The Morgan fingerprint density at radius 3 is 2.35 bits per heavy atom. The lowest BCUT2D eigenvalue weighted by atomic mass is 10.2. The first-order valence-corrected chi connectivity index (χ1v) is 5.71. The van der Waals surface area contributed by atoms with Crippen LogP contribution in [0.2, 0.25) is 0 Å². The normalized spacial score (nSPS) is 13.2. The number of hydrogen-bond acceptors (Lipinski definition) is 1. The second kappa shape index (κ2) is 5.08. The van der Waals surface area contributed by atoms with Gasteiger partial charge >= 0.3 is 6.18 Å². The van der Waals surface area contributed by atoms with Crippen LogP contribution < -0.4 is 5.73 Å². The number of amidine groups is 1. The van der Waals surface area contributed by atoms with Gasteiger partial charge in [0.15, 0.2) is 0 Å². The molecule has 1 rings (SSSR count). The van der Waals surface area contributed by atoms with E-state index in [9.17, 15) is 13.2 Å². The summed E-state index contributed by atoms with van der Waals surface area (Å²) >= 11 is 3.02. The van der Waals surface area contributed by atoms with E-state index < -0.39 is 11.7 Å². The lowest BCUT2D eigenvalue weighted by Gasteiger charge is -2.09. The molecule has 1 aromatic rings. The molecule has 0 bridgehead atoms. The van der Waals surface area contributed by atoms with Crippen LogP contribution in [0.5, 0.6) is 0 Å². The van der Waals surface area contributed by atoms with Crippen molar-refractivity contribution >= 4 is 27.5 Å². The number of hydrogen-bond donors (Lipinski definition) is 1. The maximum atomic E-state index is 12.5. The summed E-state index contributed by atoms with van der Waals surface area (Å²) in [6.07, 6.45) is -4.39. The van der Waals surface area contributed by atoms with Gasteiger partial charge in [-0.25, -0.2) is 4.99 Å². The molecule has 0 radical (unpaired) electrons. The van der Waals surface area contributed by atoms with Crippen molar-refractivity contribution in [2.24, 2.45) is 16.6 Å². The summed E-state index contributed by atoms with van der Waals surface area (Å²) in [5.74, 6) is 0.291. The van der Waals surface area contributed by atoms with E-state index in [4.69, 9.17) is 5.73 Å². The minimum atomic E-state index is -4.39. The van der Waals surface area contributed by atoms with Crippen molar-refractivity contribution < 1.29 is 13.2 Å². The summed E-state index contributed by atoms with van der Waals surface area (Å²) in [7, 11) is 0. The third-order valence-electron chi connectivity index (χ3n) is 2.06. The van der Waals surface area contributed by atoms with Crippen LogP contribution >= 0.6 is 15.9 Å². The zero-order valence-corrected chi connectivity index (χ0v) is 10.9. The smallest absolute Gasteiger partial charge is 0.387 e. The lowest BCUT2D eigenvalue weighted by molar-refractivity contribution is -0.137. The molecular formula is C11H12BrF3N2. The van der Waals surface area contributed by atoms with Gasteiger partial charge in [0.25, 0.3) is 0 Å². The molecule has 0 saturated heterocycles. The van der Waals surface area contributed by atoms with Crippen molar-refractivity contribution in [3.05, 3.63) is 28.2 Å². The molecule has 0 fully saturated rings. The summed E-state index contributed by atoms with van der Waals surface area (Å²) < 4.78 is 38.0. The van der Waals surface area contributed by atoms with Crippen LogP contribution in [0.3, 0.4) is 0 Å². The molecular weight excluding hydrogens is 297 g/mol. The fourth-order valence-electron chi connectivity index (χ4n) is 1.08. The Balaban J connectivity index is 3.19. The number of aliphatic imine (C=N–C) groups is 1. The predicted octanol–water partition coefficient (Wildman–Crippen LogP) is 4.11. The molecule has 0 aliphatic rings. The highest BCUT2D eigenvalue weighted by Crippen LogP contribution is 2.34. The molecule has 0 aliphatic carbocycles. The van der Waals surface area contributed by atoms with E-state index in [0.717, 1.165) is 12.1 Å². The number of rotatable bonds is 2. The standard InChI is InChI=1S/C11H12BrF3N2/c1-6(2)10(16)17-9-4-7(11(13,14)15)3-8(12)5-9/h3-6H,1-2H3,(H2,16,17). The van der Waals surface area contributed by atoms with Gasteiger partial charge in [-0.2, -0.15) is 13.2 Å². The van der Waals surface area contributed by atoms with Crippen LogP contribution in [0, 0.1) is 5.92 Å². The van der Waals surface area contributed by atoms with Gasteiger partial charge in [-0.15, -0.1) is 0 Å². The van der Waals surface area contributed by atoms with E-state index in [2.05, 4.69) is 20.9 Å². The topological polar surface area (TPSA) is 38.4 Å². The van der Waals surface area contributed by atoms with Crippen LogP contribution in [0.1, 0.15) is 19.4 Å². The van der Waals surface area contributed by atoms with Gasteiger partial charge in [-0.1, -0.05) is 29.8 Å². The van der Waals surface area contributed by atoms with E-state index in [1.807, 2.05) is 13.8 Å². The second-order valence-corrected chi connectivity index (χ2v) is 4.80. The van der Waals surface area contributed by atoms with E-state index in [-0.39, 0.29) is 11.6 Å². The Kier molecular flexibility index (Phi) is 4.19. The summed E-state index contributed by atoms with van der Waals surface area (Å²) in [6, 6.07) is 3.47. The minimum absolute atomic E-state index is 0.0108. The molecule has 6 heteroatoms. The highest BCUT2D eigenvalue weighted by Gasteiger charge is 2.31. The van der Waals surface area contributed by atoms with E-state index in [0.29, 0.717) is 10.3 Å². The Labute approximate surface area is 106 Å². The zero-order valence-electron chi connectivity index (χ0n) is 9.35. The summed E-state index contributed by atoms with van der Waals surface area (Å²) in [4.78, 5) is 3.96. The molecule has 94 valence electrons. The maximum absolute atomic E-state index is 12.5. The summed E-state index contributed by atoms with van der Waals surface area (Å²) in [5.41, 5.74) is 5.06. The average Bonchev–Trinajstić information content (AvgIpc) is 2.15. The van der Waals surface area contributed by atoms with Gasteiger partial charge in [0.2, 0.25) is 0 Å². The van der Waals surface area contributed by atoms with Crippen LogP contribution in [-0.4, -0.2) is 5.84 Å². The molecule has 1 aromatic carbocycles. The Hall–Kier alpha value is -1.04. The molecule has 2 N–H and O–H groups in total. The quantitative estimate of drug-likeness (QED) is 0.648. The van der Waals surface area contributed by atoms with Crippen molar-refractivity contribution in [3.8, 4) is 0 Å². The second-order valence-electron chi connectivity index (χ2n) is 3.89. The molecule has 0 unspecified atom stereocenters. The van der Waals surface area contributed by atoms with Crippen LogP contribution in [0.15, 0.2) is 27.7 Å². The average molecular weight is 309 g/mol. The first-order chi connectivity index (χ1) is 7.70. The van der Waals surface area contributed by atoms with Crippen molar-refractivity contribution in [1.82, 2.24) is 0 Å². The molecule has 0 aromatic heterocycles. The van der Waals surface area contributed by atoms with Crippen molar-refractivity contribution in [3.63, 3.8) is 0 Å². The van der Waals surface area contributed by atoms with Gasteiger partial charge in [-0.3, -0.25) is 0 Å². The fourth-order valence-corrected chi connectivity index (χ4v) is 1.56. The van der Waals surface area contributed by atoms with E-state index in [1.165, 1.54) is 6.07 Å². The molecule has 2 nitrogen and oxygen atoms in total. The first kappa shape index (κ1) is 14.0. The fraction of sp³-hybridized carbons (Fsp3) is 0.364. The molecule has 0 spiro atoms. The molecule has 0 amide bonds. The Morgan fingerprint density at radius 1 is 1.29 bits per heavy atom. The lowest BCUT2D eigenvalue weighted by Crippen LogP contribution is -2.18. The highest BCUT2D eigenvalue weighted by molar-refractivity contribution is 9.10. The third-order valence-corrected chi connectivity index (χ3v) is 2.52. The van der Waals surface area contributed by atoms with Crippen molar-refractivity contribution in [1.29, 1.82) is 0 Å². The number of alkyl halides is 3. The molecule has 17 heavy (non-hydrogen) atoms. The largest absolute Gasteiger partial charge is 0.416 e. The van der Waals surface area contributed by atoms with Gasteiger partial charge < -0.3 is 5.73 Å². The monoisotopic (exact) mass is 308 g/mol. The Morgan fingerprint density at radius 2 is 1.88 bits per heavy atom. The molecule has 0 atom stereocenters. The molecule has 0 aliphatic heterocycles. The summed E-state index contributed by atoms with van der Waals surface area (Å²) in [6.45, 7) is 3.64. The molecule has 0 saturated carbocycles. The van der Waals surface area contributed by atoms with Crippen LogP contribution in [0.25, 0.3) is 0 Å². The van der Waals surface area contributed by atoms with Gasteiger partial charge in [0.1, 0.15) is 5.84 Å². The third kappa shape index (κ3) is 4.03. The van der Waals surface area contributed by atoms with E-state index in [1.54, 1.807) is 0 Å². The first-order valence-electron chi connectivity index (χ1n) is 4.92. The highest BCUT2D eigenvalue weighted by atomic mass is 79.9. The number of halogens is 4. The Bertz CT molecular complexity index is 439. The summed E-state index contributed by atoms with van der Waals surface area (Å²) in [5, 5.41) is 0. The van der Waals surface area contributed by atoms with Crippen molar-refractivity contribution in [2.75, 3.05) is 0 Å². The van der Waals surface area contributed by atoms with Gasteiger partial charge in [-0.05, 0) is 18.2 Å². The zero-order chi connectivity index (χ0) is 13.2. The minimum Gasteiger partial charge on any atom is -0.387 e. The number of nitrogens with two attached hydrogens (primary N) is 1. The molecule has 0 heterocycles.